The predicted molar refractivity (Wildman–Crippen MR) is 31.1 cm³/mol. The number of hydrazine groups is 1. The van der Waals surface area contributed by atoms with E-state index in [1.165, 1.54) is 0 Å². The number of nitrogens with two attached hydrogens (primary N) is 1. The zero-order valence-electron chi connectivity index (χ0n) is 4.36. The molecule has 2 nitrogen and oxygen atoms in total. The minimum atomic E-state index is -0.407. The van der Waals surface area contributed by atoms with Crippen LogP contribution in [0, 0.1) is 0 Å². The van der Waals surface area contributed by atoms with Crippen molar-refractivity contribution in [2.45, 2.75) is 13.1 Å². The van der Waals surface area contributed by atoms with Crippen LogP contribution in [0.1, 0.15) is 0 Å². The number of nitrogens with one attached hydrogen (secondary N) is 1. The molecule has 0 fully saturated rings. The van der Waals surface area contributed by atoms with Gasteiger partial charge in [0.05, 0.1) is 0 Å². The van der Waals surface area contributed by atoms with Crippen molar-refractivity contribution in [3.63, 3.8) is 0 Å². The van der Waals surface area contributed by atoms with E-state index in [1.807, 2.05) is 0 Å². The summed E-state index contributed by atoms with van der Waals surface area (Å²) in [5.41, 5.74) is 2.63. The highest BCUT2D eigenvalue weighted by atomic mass is 28.3. The van der Waals surface area contributed by atoms with Crippen LogP contribution in [0.4, 0.5) is 0 Å². The molecule has 0 aliphatic carbocycles. The Kier molecular flexibility index (Phi) is 3.41. The smallest absolute Gasteiger partial charge is 0.0484 e. The Morgan fingerprint density at radius 1 is 1.67 bits per heavy atom. The molecule has 3 N–H and O–H groups in total. The van der Waals surface area contributed by atoms with Crippen LogP contribution in [0.15, 0.2) is 0 Å². The van der Waals surface area contributed by atoms with Gasteiger partial charge in [-0.1, -0.05) is 13.1 Å². The van der Waals surface area contributed by atoms with E-state index in [1.54, 1.807) is 0 Å². The molecule has 0 radical (unpaired) electrons. The molecule has 0 aliphatic rings. The van der Waals surface area contributed by atoms with Gasteiger partial charge in [-0.15, -0.1) is 0 Å². The summed E-state index contributed by atoms with van der Waals surface area (Å²) in [6, 6.07) is 0. The van der Waals surface area contributed by atoms with Gasteiger partial charge in [-0.05, 0) is 0 Å². The zero-order chi connectivity index (χ0) is 4.99. The minimum absolute atomic E-state index is 0.407. The highest BCUT2D eigenvalue weighted by Crippen LogP contribution is 1.69. The second-order valence-corrected chi connectivity index (χ2v) is 5.00. The van der Waals surface area contributed by atoms with E-state index in [9.17, 15) is 0 Å². The number of hydrogen-bond acceptors (Lipinski definition) is 2. The lowest BCUT2D eigenvalue weighted by Gasteiger charge is -1.96. The highest BCUT2D eigenvalue weighted by Gasteiger charge is 1.87. The van der Waals surface area contributed by atoms with Crippen molar-refractivity contribution in [2.24, 2.45) is 5.84 Å². The molecule has 0 saturated carbocycles. The number of hydrogen-bond donors (Lipinski definition) is 2. The summed E-state index contributed by atoms with van der Waals surface area (Å²) >= 11 is 0. The monoisotopic (exact) mass is 104 g/mol. The molecule has 0 unspecified atom stereocenters. The van der Waals surface area contributed by atoms with E-state index in [-0.39, 0.29) is 0 Å². The third kappa shape index (κ3) is 4.14. The normalized spacial score (nSPS) is 10.0. The third-order valence-electron chi connectivity index (χ3n) is 0.526. The van der Waals surface area contributed by atoms with Crippen LogP contribution in [0.3, 0.4) is 0 Å². The molecule has 0 heterocycles. The van der Waals surface area contributed by atoms with Gasteiger partial charge in [0.25, 0.3) is 0 Å². The van der Waals surface area contributed by atoms with E-state index in [0.717, 1.165) is 6.17 Å². The van der Waals surface area contributed by atoms with Crippen LogP contribution in [0.25, 0.3) is 0 Å². The molecule has 0 spiro atoms. The first kappa shape index (κ1) is 6.14. The van der Waals surface area contributed by atoms with Crippen molar-refractivity contribution >= 4 is 8.80 Å². The van der Waals surface area contributed by atoms with Crippen molar-refractivity contribution in [3.8, 4) is 0 Å². The zero-order valence-corrected chi connectivity index (χ0v) is 5.52. The second-order valence-electron chi connectivity index (χ2n) is 1.80. The summed E-state index contributed by atoms with van der Waals surface area (Å²) in [6.07, 6.45) is 1.04. The Hall–Kier alpha value is 0.137. The second kappa shape index (κ2) is 3.33. The van der Waals surface area contributed by atoms with Crippen molar-refractivity contribution in [3.05, 3.63) is 0 Å². The molecule has 3 heteroatoms. The molecule has 0 aromatic carbocycles. The molecular weight excluding hydrogens is 92.1 g/mol. The average Bonchev–Trinajstić information content (AvgIpc) is 1.35. The van der Waals surface area contributed by atoms with Crippen LogP contribution in [0.2, 0.25) is 13.1 Å². The topological polar surface area (TPSA) is 38.0 Å². The van der Waals surface area contributed by atoms with Gasteiger partial charge in [-0.2, -0.15) is 0 Å². The quantitative estimate of drug-likeness (QED) is 0.281. The Morgan fingerprint density at radius 2 is 2.17 bits per heavy atom. The first-order valence-electron chi connectivity index (χ1n) is 2.21. The Bertz CT molecular complexity index is 30.0. The van der Waals surface area contributed by atoms with Gasteiger partial charge >= 0.3 is 0 Å². The molecule has 0 atom stereocenters. The van der Waals surface area contributed by atoms with E-state index < -0.39 is 8.80 Å². The third-order valence-corrected chi connectivity index (χ3v) is 1.58. The van der Waals surface area contributed by atoms with Gasteiger partial charge in [0, 0.05) is 15.0 Å². The van der Waals surface area contributed by atoms with Gasteiger partial charge in [0.15, 0.2) is 0 Å². The standard InChI is InChI=1S/C3H12N2Si/c1-6(2)3-5-4/h5-6H,3-4H2,1-2H3. The largest absolute Gasteiger partial charge is 0.272 e. The summed E-state index contributed by atoms with van der Waals surface area (Å²) in [5.74, 6) is 5.01. The van der Waals surface area contributed by atoms with Crippen LogP contribution in [-0.2, 0) is 0 Å². The molecular formula is C3H12N2Si. The van der Waals surface area contributed by atoms with Gasteiger partial charge in [-0.3, -0.25) is 11.3 Å². The lowest BCUT2D eigenvalue weighted by molar-refractivity contribution is 0.853. The van der Waals surface area contributed by atoms with Gasteiger partial charge in [0.2, 0.25) is 0 Å². The minimum Gasteiger partial charge on any atom is -0.272 e. The predicted octanol–water partition coefficient (Wildman–Crippen LogP) is -0.524. The van der Waals surface area contributed by atoms with Crippen molar-refractivity contribution in [1.82, 2.24) is 5.43 Å². The fourth-order valence-electron chi connectivity index (χ4n) is 0.236. The van der Waals surface area contributed by atoms with E-state index in [0.29, 0.717) is 0 Å². The van der Waals surface area contributed by atoms with E-state index >= 15 is 0 Å². The molecule has 0 rings (SSSR count). The maximum atomic E-state index is 5.01. The van der Waals surface area contributed by atoms with Crippen LogP contribution in [0.5, 0.6) is 0 Å². The Balaban J connectivity index is 2.63. The average molecular weight is 104 g/mol. The maximum absolute atomic E-state index is 5.01. The molecule has 0 saturated heterocycles. The fourth-order valence-corrected chi connectivity index (χ4v) is 0.707. The van der Waals surface area contributed by atoms with Gasteiger partial charge in [-0.25, -0.2) is 0 Å². The highest BCUT2D eigenvalue weighted by molar-refractivity contribution is 6.55. The SMILES string of the molecule is C[SiH](C)CNN. The summed E-state index contributed by atoms with van der Waals surface area (Å²) in [6.45, 7) is 4.50. The van der Waals surface area contributed by atoms with Crippen LogP contribution in [-0.4, -0.2) is 15.0 Å². The summed E-state index contributed by atoms with van der Waals surface area (Å²) in [7, 11) is -0.407. The molecule has 0 aliphatic heterocycles. The van der Waals surface area contributed by atoms with Gasteiger partial charge in [0.1, 0.15) is 0 Å². The fraction of sp³-hybridized carbons (Fsp3) is 1.00. The molecule has 6 heavy (non-hydrogen) atoms. The first-order chi connectivity index (χ1) is 2.77. The lowest BCUT2D eigenvalue weighted by atomic mass is 11.5. The summed E-state index contributed by atoms with van der Waals surface area (Å²) in [5, 5.41) is 0. The molecule has 0 amide bonds. The van der Waals surface area contributed by atoms with Crippen molar-refractivity contribution in [1.29, 1.82) is 0 Å². The van der Waals surface area contributed by atoms with Crippen LogP contribution < -0.4 is 11.3 Å². The van der Waals surface area contributed by atoms with E-state index in [2.05, 4.69) is 18.5 Å². The lowest BCUT2D eigenvalue weighted by Crippen LogP contribution is -2.31. The summed E-state index contributed by atoms with van der Waals surface area (Å²) < 4.78 is 0. The van der Waals surface area contributed by atoms with Crippen LogP contribution >= 0.6 is 0 Å². The molecule has 0 bridgehead atoms. The van der Waals surface area contributed by atoms with Crippen molar-refractivity contribution in [2.75, 3.05) is 6.17 Å². The number of rotatable bonds is 2. The molecule has 38 valence electrons. The van der Waals surface area contributed by atoms with E-state index in [4.69, 9.17) is 5.84 Å². The Morgan fingerprint density at radius 3 is 2.17 bits per heavy atom. The maximum Gasteiger partial charge on any atom is 0.0484 e. The Labute approximate surface area is 40.3 Å². The first-order valence-corrected chi connectivity index (χ1v) is 5.33. The van der Waals surface area contributed by atoms with Gasteiger partial charge < -0.3 is 0 Å². The van der Waals surface area contributed by atoms with Crippen molar-refractivity contribution < 1.29 is 0 Å². The summed E-state index contributed by atoms with van der Waals surface area (Å²) in [4.78, 5) is 0. The molecule has 0 aromatic rings. The molecule has 0 aromatic heterocycles.